The fourth-order valence-electron chi connectivity index (χ4n) is 2.63. The Balaban J connectivity index is 2.12. The van der Waals surface area contributed by atoms with Crippen LogP contribution in [0, 0.1) is 6.92 Å². The van der Waals surface area contributed by atoms with Crippen molar-refractivity contribution in [3.05, 3.63) is 29.8 Å². The summed E-state index contributed by atoms with van der Waals surface area (Å²) in [6, 6.07) is 5.81. The van der Waals surface area contributed by atoms with Crippen LogP contribution < -0.4 is 0 Å². The van der Waals surface area contributed by atoms with Crippen LogP contribution in [0.1, 0.15) is 40.2 Å². The van der Waals surface area contributed by atoms with Gasteiger partial charge < -0.3 is 9.47 Å². The molecule has 7 nitrogen and oxygen atoms in total. The molecule has 146 valence electrons. The lowest BCUT2D eigenvalue weighted by Gasteiger charge is -2.34. The molecule has 0 saturated carbocycles. The zero-order valence-electron chi connectivity index (χ0n) is 16.1. The van der Waals surface area contributed by atoms with Crippen LogP contribution in [-0.2, 0) is 23.8 Å². The second kappa shape index (κ2) is 7.17. The molecule has 0 unspecified atom stereocenters. The van der Waals surface area contributed by atoms with Crippen molar-refractivity contribution in [2.75, 3.05) is 13.2 Å². The van der Waals surface area contributed by atoms with Gasteiger partial charge in [0.25, 0.3) is 10.1 Å². The molecule has 1 aromatic rings. The molecule has 0 radical (unpaired) electrons. The number of nitrogens with zero attached hydrogens (tertiary/aromatic N) is 1. The highest BCUT2D eigenvalue weighted by Gasteiger charge is 2.46. The number of carbonyl (C=O) groups is 1. The fraction of sp³-hybridized carbons (Fsp3) is 0.611. The molecule has 1 fully saturated rings. The standard InChI is InChI=1S/C18H27NO6S/c1-13-7-9-15(10-8-13)26(21,22)24-12-14-11-23-18(5,6)19(14)16(20)25-17(2,3)4/h7-10,14H,11-12H2,1-6H3/t14-/m0/s1. The summed E-state index contributed by atoms with van der Waals surface area (Å²) in [4.78, 5) is 14.0. The lowest BCUT2D eigenvalue weighted by molar-refractivity contribution is -0.0637. The SMILES string of the molecule is Cc1ccc(S(=O)(=O)OC[C@@H]2COC(C)(C)N2C(=O)OC(C)(C)C)cc1. The Labute approximate surface area is 155 Å². The van der Waals surface area contributed by atoms with Gasteiger partial charge in [-0.15, -0.1) is 0 Å². The van der Waals surface area contributed by atoms with Crippen molar-refractivity contribution in [3.63, 3.8) is 0 Å². The molecular formula is C18H27NO6S. The topological polar surface area (TPSA) is 82.1 Å². The molecule has 26 heavy (non-hydrogen) atoms. The number of rotatable bonds is 4. The van der Waals surface area contributed by atoms with Gasteiger partial charge in [-0.1, -0.05) is 17.7 Å². The van der Waals surface area contributed by atoms with Crippen molar-refractivity contribution in [2.45, 2.75) is 63.8 Å². The number of amides is 1. The predicted octanol–water partition coefficient (Wildman–Crippen LogP) is 3.07. The Morgan fingerprint density at radius 3 is 2.38 bits per heavy atom. The van der Waals surface area contributed by atoms with Gasteiger partial charge in [-0.05, 0) is 53.7 Å². The molecule has 1 heterocycles. The van der Waals surface area contributed by atoms with Crippen LogP contribution in [0.25, 0.3) is 0 Å². The molecule has 1 saturated heterocycles. The molecule has 2 rings (SSSR count). The molecule has 1 atom stereocenters. The maximum atomic E-state index is 12.5. The molecule has 0 aromatic heterocycles. The summed E-state index contributed by atoms with van der Waals surface area (Å²) in [5.74, 6) is 0. The normalized spacial score (nSPS) is 20.2. The summed E-state index contributed by atoms with van der Waals surface area (Å²) in [6.45, 7) is 10.6. The van der Waals surface area contributed by atoms with Crippen LogP contribution in [0.15, 0.2) is 29.2 Å². The van der Waals surface area contributed by atoms with E-state index in [1.807, 2.05) is 6.92 Å². The molecule has 1 aliphatic heterocycles. The third-order valence-electron chi connectivity index (χ3n) is 3.89. The van der Waals surface area contributed by atoms with Crippen molar-refractivity contribution in [1.29, 1.82) is 0 Å². The van der Waals surface area contributed by atoms with Gasteiger partial charge in [0.15, 0.2) is 0 Å². The first-order valence-corrected chi connectivity index (χ1v) is 9.85. The summed E-state index contributed by atoms with van der Waals surface area (Å²) in [6.07, 6.45) is -0.568. The third-order valence-corrected chi connectivity index (χ3v) is 5.19. The van der Waals surface area contributed by atoms with Gasteiger partial charge in [-0.25, -0.2) is 4.79 Å². The summed E-state index contributed by atoms with van der Waals surface area (Å²) in [5.41, 5.74) is -0.634. The van der Waals surface area contributed by atoms with E-state index in [0.29, 0.717) is 0 Å². The Morgan fingerprint density at radius 2 is 1.85 bits per heavy atom. The van der Waals surface area contributed by atoms with E-state index in [4.69, 9.17) is 13.7 Å². The summed E-state index contributed by atoms with van der Waals surface area (Å²) in [7, 11) is -3.92. The van der Waals surface area contributed by atoms with E-state index in [-0.39, 0.29) is 18.1 Å². The van der Waals surface area contributed by atoms with Crippen molar-refractivity contribution in [3.8, 4) is 0 Å². The van der Waals surface area contributed by atoms with Crippen LogP contribution in [0.5, 0.6) is 0 Å². The zero-order chi connectivity index (χ0) is 19.8. The van der Waals surface area contributed by atoms with E-state index in [9.17, 15) is 13.2 Å². The maximum Gasteiger partial charge on any atom is 0.412 e. The van der Waals surface area contributed by atoms with Crippen LogP contribution in [0.2, 0.25) is 0 Å². The van der Waals surface area contributed by atoms with E-state index in [1.54, 1.807) is 46.8 Å². The van der Waals surface area contributed by atoms with Crippen LogP contribution in [-0.4, -0.2) is 50.0 Å². The number of aryl methyl sites for hydroxylation is 1. The van der Waals surface area contributed by atoms with Crippen molar-refractivity contribution < 1.29 is 26.9 Å². The van der Waals surface area contributed by atoms with E-state index in [2.05, 4.69) is 0 Å². The van der Waals surface area contributed by atoms with Crippen LogP contribution >= 0.6 is 0 Å². The number of benzene rings is 1. The highest BCUT2D eigenvalue weighted by Crippen LogP contribution is 2.30. The molecule has 0 spiro atoms. The average Bonchev–Trinajstić information content (AvgIpc) is 2.79. The van der Waals surface area contributed by atoms with Crippen molar-refractivity contribution >= 4 is 16.2 Å². The van der Waals surface area contributed by atoms with Gasteiger partial charge in [0, 0.05) is 0 Å². The predicted molar refractivity (Wildman–Crippen MR) is 96.2 cm³/mol. The molecule has 1 amide bonds. The lowest BCUT2D eigenvalue weighted by atomic mass is 10.2. The lowest BCUT2D eigenvalue weighted by Crippen LogP contribution is -2.51. The first-order valence-electron chi connectivity index (χ1n) is 8.44. The number of hydrogen-bond donors (Lipinski definition) is 0. The maximum absolute atomic E-state index is 12.5. The third kappa shape index (κ3) is 4.96. The van der Waals surface area contributed by atoms with E-state index in [1.165, 1.54) is 17.0 Å². The van der Waals surface area contributed by atoms with Crippen LogP contribution in [0.4, 0.5) is 4.79 Å². The van der Waals surface area contributed by atoms with Crippen LogP contribution in [0.3, 0.4) is 0 Å². The summed E-state index contributed by atoms with van der Waals surface area (Å²) >= 11 is 0. The molecule has 0 N–H and O–H groups in total. The molecule has 0 aliphatic carbocycles. The van der Waals surface area contributed by atoms with Gasteiger partial charge in [0.2, 0.25) is 0 Å². The molecular weight excluding hydrogens is 358 g/mol. The minimum Gasteiger partial charge on any atom is -0.444 e. The van der Waals surface area contributed by atoms with Gasteiger partial charge in [-0.3, -0.25) is 9.08 Å². The Kier molecular flexibility index (Phi) is 5.70. The van der Waals surface area contributed by atoms with Gasteiger partial charge >= 0.3 is 6.09 Å². The minimum absolute atomic E-state index is 0.0742. The number of ether oxygens (including phenoxy) is 2. The highest BCUT2D eigenvalue weighted by molar-refractivity contribution is 7.86. The number of carbonyl (C=O) groups excluding carboxylic acids is 1. The Hall–Kier alpha value is -1.64. The van der Waals surface area contributed by atoms with E-state index >= 15 is 0 Å². The first-order chi connectivity index (χ1) is 11.8. The van der Waals surface area contributed by atoms with Crippen molar-refractivity contribution in [2.24, 2.45) is 0 Å². The van der Waals surface area contributed by atoms with E-state index in [0.717, 1.165) is 5.56 Å². The second-order valence-corrected chi connectivity index (χ2v) is 9.43. The average molecular weight is 385 g/mol. The van der Waals surface area contributed by atoms with Gasteiger partial charge in [-0.2, -0.15) is 8.42 Å². The zero-order valence-corrected chi connectivity index (χ0v) is 16.9. The largest absolute Gasteiger partial charge is 0.444 e. The Morgan fingerprint density at radius 1 is 1.27 bits per heavy atom. The first kappa shape index (κ1) is 20.7. The van der Waals surface area contributed by atoms with Gasteiger partial charge in [0.1, 0.15) is 11.3 Å². The molecule has 1 aromatic carbocycles. The van der Waals surface area contributed by atoms with Crippen molar-refractivity contribution in [1.82, 2.24) is 4.90 Å². The van der Waals surface area contributed by atoms with E-state index < -0.39 is 33.6 Å². The monoisotopic (exact) mass is 385 g/mol. The van der Waals surface area contributed by atoms with Gasteiger partial charge in [0.05, 0.1) is 24.2 Å². The summed E-state index contributed by atoms with van der Waals surface area (Å²) in [5, 5.41) is 0. The molecule has 8 heteroatoms. The fourth-order valence-corrected chi connectivity index (χ4v) is 3.57. The molecule has 0 bridgehead atoms. The smallest absolute Gasteiger partial charge is 0.412 e. The highest BCUT2D eigenvalue weighted by atomic mass is 32.2. The quantitative estimate of drug-likeness (QED) is 0.741. The number of hydrogen-bond acceptors (Lipinski definition) is 6. The summed E-state index contributed by atoms with van der Waals surface area (Å²) < 4.78 is 41.0. The second-order valence-electron chi connectivity index (χ2n) is 7.81. The Bertz CT molecular complexity index is 749. The minimum atomic E-state index is -3.92. The molecule has 1 aliphatic rings.